The molecule has 6 heteroatoms. The van der Waals surface area contributed by atoms with Crippen molar-refractivity contribution < 1.29 is 4.74 Å². The highest BCUT2D eigenvalue weighted by Gasteiger charge is 2.42. The Balaban J connectivity index is 0.00000261. The molecule has 3 rings (SSSR count). The van der Waals surface area contributed by atoms with E-state index in [1.54, 1.807) is 0 Å². The number of aliphatic imine (C=N–C) groups is 1. The third kappa shape index (κ3) is 5.72. The van der Waals surface area contributed by atoms with Gasteiger partial charge in [-0.05, 0) is 51.6 Å². The van der Waals surface area contributed by atoms with Crippen molar-refractivity contribution in [3.63, 3.8) is 0 Å². The molecule has 5 nitrogen and oxygen atoms in total. The van der Waals surface area contributed by atoms with Crippen molar-refractivity contribution in [2.75, 3.05) is 52.5 Å². The maximum atomic E-state index is 5.70. The lowest BCUT2D eigenvalue weighted by atomic mass is 9.87. The second-order valence-electron chi connectivity index (χ2n) is 8.56. The van der Waals surface area contributed by atoms with Crippen molar-refractivity contribution in [1.29, 1.82) is 0 Å². The molecule has 158 valence electrons. The van der Waals surface area contributed by atoms with Crippen LogP contribution in [0.3, 0.4) is 0 Å². The molecule has 3 saturated heterocycles. The minimum absolute atomic E-state index is 0. The molecule has 27 heavy (non-hydrogen) atoms. The molecule has 3 aliphatic rings. The lowest BCUT2D eigenvalue weighted by molar-refractivity contribution is 0.156. The van der Waals surface area contributed by atoms with Gasteiger partial charge in [-0.2, -0.15) is 0 Å². The number of hydrogen-bond donors (Lipinski definition) is 1. The molecule has 3 heterocycles. The van der Waals surface area contributed by atoms with Crippen LogP contribution in [0.5, 0.6) is 0 Å². The fourth-order valence-electron chi connectivity index (χ4n) is 5.16. The van der Waals surface area contributed by atoms with Gasteiger partial charge < -0.3 is 15.0 Å². The van der Waals surface area contributed by atoms with Crippen LogP contribution in [0.1, 0.15) is 59.3 Å². The Hall–Kier alpha value is -0.0800. The third-order valence-corrected chi connectivity index (χ3v) is 6.89. The predicted molar refractivity (Wildman–Crippen MR) is 124 cm³/mol. The highest BCUT2D eigenvalue weighted by molar-refractivity contribution is 14.0. The van der Waals surface area contributed by atoms with Gasteiger partial charge in [0.15, 0.2) is 5.96 Å². The number of hydrogen-bond acceptors (Lipinski definition) is 3. The van der Waals surface area contributed by atoms with Crippen molar-refractivity contribution in [2.24, 2.45) is 16.3 Å². The van der Waals surface area contributed by atoms with E-state index in [0.29, 0.717) is 11.5 Å². The summed E-state index contributed by atoms with van der Waals surface area (Å²) < 4.78 is 5.70. The van der Waals surface area contributed by atoms with Gasteiger partial charge in [0.05, 0.1) is 13.2 Å². The molecular formula is C21H41IN4O. The summed E-state index contributed by atoms with van der Waals surface area (Å²) in [5, 5.41) is 3.57. The van der Waals surface area contributed by atoms with Crippen LogP contribution in [0, 0.1) is 11.3 Å². The fourth-order valence-corrected chi connectivity index (χ4v) is 5.16. The first-order valence-electron chi connectivity index (χ1n) is 11.1. The SMILES string of the molecule is CCNC(=NCC(C(CC)CC)N1CCCC1)N1CCC2(CCOC2)C1.I. The first kappa shape index (κ1) is 23.2. The Labute approximate surface area is 183 Å². The van der Waals surface area contributed by atoms with Crippen molar-refractivity contribution in [3.05, 3.63) is 0 Å². The smallest absolute Gasteiger partial charge is 0.193 e. The van der Waals surface area contributed by atoms with E-state index >= 15 is 0 Å². The Morgan fingerprint density at radius 2 is 1.85 bits per heavy atom. The van der Waals surface area contributed by atoms with Gasteiger partial charge in [-0.15, -0.1) is 24.0 Å². The van der Waals surface area contributed by atoms with E-state index in [-0.39, 0.29) is 24.0 Å². The fraction of sp³-hybridized carbons (Fsp3) is 0.952. The van der Waals surface area contributed by atoms with Crippen LogP contribution in [0.2, 0.25) is 0 Å². The molecule has 0 aliphatic carbocycles. The van der Waals surface area contributed by atoms with Crippen LogP contribution in [-0.2, 0) is 4.74 Å². The lowest BCUT2D eigenvalue weighted by Gasteiger charge is -2.33. The van der Waals surface area contributed by atoms with Gasteiger partial charge in [0.25, 0.3) is 0 Å². The first-order chi connectivity index (χ1) is 12.7. The van der Waals surface area contributed by atoms with Crippen molar-refractivity contribution in [3.8, 4) is 0 Å². The van der Waals surface area contributed by atoms with E-state index in [4.69, 9.17) is 9.73 Å². The van der Waals surface area contributed by atoms with Crippen LogP contribution in [0.4, 0.5) is 0 Å². The summed E-state index contributed by atoms with van der Waals surface area (Å²) in [7, 11) is 0. The molecule has 0 amide bonds. The topological polar surface area (TPSA) is 40.1 Å². The molecule has 0 bridgehead atoms. The van der Waals surface area contributed by atoms with E-state index in [1.807, 2.05) is 0 Å². The zero-order valence-corrected chi connectivity index (χ0v) is 20.0. The van der Waals surface area contributed by atoms with Crippen molar-refractivity contribution in [2.45, 2.75) is 65.3 Å². The van der Waals surface area contributed by atoms with E-state index in [0.717, 1.165) is 51.3 Å². The van der Waals surface area contributed by atoms with E-state index in [9.17, 15) is 0 Å². The van der Waals surface area contributed by atoms with E-state index < -0.39 is 0 Å². The number of likely N-dealkylation sites (tertiary alicyclic amines) is 2. The minimum atomic E-state index is 0. The minimum Gasteiger partial charge on any atom is -0.381 e. The summed E-state index contributed by atoms with van der Waals surface area (Å²) in [6, 6.07) is 0.604. The summed E-state index contributed by atoms with van der Waals surface area (Å²) in [4.78, 5) is 10.4. The molecule has 0 aromatic carbocycles. The van der Waals surface area contributed by atoms with E-state index in [2.05, 4.69) is 35.9 Å². The van der Waals surface area contributed by atoms with Gasteiger partial charge in [-0.25, -0.2) is 0 Å². The number of nitrogens with one attached hydrogen (secondary N) is 1. The van der Waals surface area contributed by atoms with E-state index in [1.165, 1.54) is 51.6 Å². The maximum absolute atomic E-state index is 5.70. The summed E-state index contributed by atoms with van der Waals surface area (Å²) >= 11 is 0. The molecule has 0 aromatic heterocycles. The van der Waals surface area contributed by atoms with Crippen LogP contribution in [-0.4, -0.2) is 74.3 Å². The summed E-state index contributed by atoms with van der Waals surface area (Å²) in [6.07, 6.45) is 7.69. The average molecular weight is 492 g/mol. The van der Waals surface area contributed by atoms with Crippen LogP contribution < -0.4 is 5.32 Å². The molecule has 1 N–H and O–H groups in total. The average Bonchev–Trinajstić information content (AvgIpc) is 3.41. The van der Waals surface area contributed by atoms with Crippen molar-refractivity contribution in [1.82, 2.24) is 15.1 Å². The quantitative estimate of drug-likeness (QED) is 0.335. The zero-order chi connectivity index (χ0) is 18.4. The Kier molecular flexibility index (Phi) is 9.62. The molecule has 1 spiro atoms. The highest BCUT2D eigenvalue weighted by atomic mass is 127. The van der Waals surface area contributed by atoms with Crippen molar-refractivity contribution >= 4 is 29.9 Å². The zero-order valence-electron chi connectivity index (χ0n) is 17.7. The number of ether oxygens (including phenoxy) is 1. The Bertz CT molecular complexity index is 455. The van der Waals surface area contributed by atoms with Crippen LogP contribution >= 0.6 is 24.0 Å². The van der Waals surface area contributed by atoms with Gasteiger partial charge in [-0.1, -0.05) is 26.7 Å². The molecule has 0 radical (unpaired) electrons. The predicted octanol–water partition coefficient (Wildman–Crippen LogP) is 3.58. The highest BCUT2D eigenvalue weighted by Crippen LogP contribution is 2.38. The lowest BCUT2D eigenvalue weighted by Crippen LogP contribution is -2.44. The van der Waals surface area contributed by atoms with Crippen LogP contribution in [0.25, 0.3) is 0 Å². The molecule has 2 unspecified atom stereocenters. The monoisotopic (exact) mass is 492 g/mol. The summed E-state index contributed by atoms with van der Waals surface area (Å²) in [5.41, 5.74) is 0.389. The maximum Gasteiger partial charge on any atom is 0.193 e. The van der Waals surface area contributed by atoms with Gasteiger partial charge >= 0.3 is 0 Å². The van der Waals surface area contributed by atoms with Gasteiger partial charge in [0, 0.05) is 37.7 Å². The first-order valence-corrected chi connectivity index (χ1v) is 11.1. The molecule has 0 aromatic rings. The van der Waals surface area contributed by atoms with Gasteiger partial charge in [0.1, 0.15) is 0 Å². The largest absolute Gasteiger partial charge is 0.381 e. The Morgan fingerprint density at radius 3 is 2.44 bits per heavy atom. The molecule has 2 atom stereocenters. The molecule has 3 fully saturated rings. The number of rotatable bonds is 7. The molecule has 0 saturated carbocycles. The number of nitrogens with zero attached hydrogens (tertiary/aromatic N) is 3. The number of halogens is 1. The molecule has 3 aliphatic heterocycles. The third-order valence-electron chi connectivity index (χ3n) is 6.89. The second-order valence-corrected chi connectivity index (χ2v) is 8.56. The standard InChI is InChI=1S/C21H40N4O.HI/c1-4-18(5-2)19(24-11-7-8-12-24)15-23-20(22-6-3)25-13-9-21(16-25)10-14-26-17-21;/h18-19H,4-17H2,1-3H3,(H,22,23);1H. The van der Waals surface area contributed by atoms with Crippen LogP contribution in [0.15, 0.2) is 4.99 Å². The summed E-state index contributed by atoms with van der Waals surface area (Å²) in [6.45, 7) is 15.4. The molecular weight excluding hydrogens is 451 g/mol. The second kappa shape index (κ2) is 11.2. The van der Waals surface area contributed by atoms with Gasteiger partial charge in [-0.3, -0.25) is 9.89 Å². The van der Waals surface area contributed by atoms with Gasteiger partial charge in [0.2, 0.25) is 0 Å². The number of guanidine groups is 1. The Morgan fingerprint density at radius 1 is 1.11 bits per heavy atom. The summed E-state index contributed by atoms with van der Waals surface area (Å²) in [5.74, 6) is 1.89. The normalized spacial score (nSPS) is 27.6.